The van der Waals surface area contributed by atoms with E-state index in [-0.39, 0.29) is 11.3 Å². The van der Waals surface area contributed by atoms with Crippen molar-refractivity contribution in [2.45, 2.75) is 18.6 Å². The van der Waals surface area contributed by atoms with Crippen LogP contribution in [0.3, 0.4) is 0 Å². The molecule has 1 saturated heterocycles. The second kappa shape index (κ2) is 5.32. The van der Waals surface area contributed by atoms with E-state index < -0.39 is 36.5 Å². The molecule has 2 rings (SSSR count). The van der Waals surface area contributed by atoms with Gasteiger partial charge in [0.25, 0.3) is 0 Å². The van der Waals surface area contributed by atoms with Gasteiger partial charge in [-0.1, -0.05) is 12.1 Å². The van der Waals surface area contributed by atoms with Crippen molar-refractivity contribution in [2.24, 2.45) is 0 Å². The fraction of sp³-hybridized carbons (Fsp3) is 0.308. The third kappa shape index (κ3) is 2.61. The first kappa shape index (κ1) is 15.8. The number of carboxylic acids is 1. The van der Waals surface area contributed by atoms with E-state index in [4.69, 9.17) is 5.11 Å². The zero-order valence-corrected chi connectivity index (χ0v) is 11.3. The second-order valence-corrected chi connectivity index (χ2v) is 4.71. The number of halogens is 3. The van der Waals surface area contributed by atoms with Gasteiger partial charge in [-0.05, 0) is 12.1 Å². The molecule has 0 bridgehead atoms. The Hall–Kier alpha value is -2.58. The number of carbonyl (C=O) groups is 3. The molecule has 118 valence electrons. The maximum atomic E-state index is 12.8. The highest BCUT2D eigenvalue weighted by Crippen LogP contribution is 2.33. The highest BCUT2D eigenvalue weighted by atomic mass is 19.4. The molecule has 9 heteroatoms. The Labute approximate surface area is 122 Å². The van der Waals surface area contributed by atoms with Gasteiger partial charge in [-0.25, -0.2) is 14.5 Å². The van der Waals surface area contributed by atoms with Crippen LogP contribution in [0, 0.1) is 0 Å². The number of carboxylic acid groups (broad SMARTS) is 1. The Morgan fingerprint density at radius 2 is 1.86 bits per heavy atom. The molecule has 1 unspecified atom stereocenters. The summed E-state index contributed by atoms with van der Waals surface area (Å²) in [5, 5.41) is 9.07. The van der Waals surface area contributed by atoms with Crippen molar-refractivity contribution in [2.75, 3.05) is 11.9 Å². The van der Waals surface area contributed by atoms with Crippen LogP contribution < -0.4 is 4.90 Å². The van der Waals surface area contributed by atoms with Crippen LogP contribution in [0.25, 0.3) is 0 Å². The molecule has 22 heavy (non-hydrogen) atoms. The highest BCUT2D eigenvalue weighted by Gasteiger charge is 2.51. The fourth-order valence-electron chi connectivity index (χ4n) is 2.21. The number of hydrogen-bond acceptors (Lipinski definition) is 3. The van der Waals surface area contributed by atoms with Crippen molar-refractivity contribution in [3.8, 4) is 0 Å². The monoisotopic (exact) mass is 316 g/mol. The van der Waals surface area contributed by atoms with Crippen LogP contribution in [0.1, 0.15) is 16.8 Å². The van der Waals surface area contributed by atoms with E-state index in [0.717, 1.165) is 13.1 Å². The van der Waals surface area contributed by atoms with Gasteiger partial charge < -0.3 is 10.0 Å². The molecule has 6 nitrogen and oxygen atoms in total. The molecule has 1 atom stereocenters. The lowest BCUT2D eigenvalue weighted by Gasteiger charge is -2.38. The number of alkyl halides is 3. The molecule has 1 aliphatic rings. The number of para-hydroxylation sites is 1. The van der Waals surface area contributed by atoms with Crippen LogP contribution in [0.5, 0.6) is 0 Å². The molecule has 1 aliphatic heterocycles. The van der Waals surface area contributed by atoms with Crippen molar-refractivity contribution in [1.29, 1.82) is 0 Å². The van der Waals surface area contributed by atoms with Crippen LogP contribution in [0.15, 0.2) is 24.3 Å². The molecular weight excluding hydrogens is 305 g/mol. The maximum Gasteiger partial charge on any atom is 0.409 e. The quantitative estimate of drug-likeness (QED) is 0.906. The summed E-state index contributed by atoms with van der Waals surface area (Å²) in [4.78, 5) is 36.1. The molecule has 0 radical (unpaired) electrons. The van der Waals surface area contributed by atoms with Crippen molar-refractivity contribution < 1.29 is 32.7 Å². The summed E-state index contributed by atoms with van der Waals surface area (Å²) in [5.74, 6) is -2.49. The minimum Gasteiger partial charge on any atom is -0.478 e. The predicted molar refractivity (Wildman–Crippen MR) is 68.5 cm³/mol. The number of rotatable bonds is 2. The molecule has 1 aromatic rings. The van der Waals surface area contributed by atoms with Gasteiger partial charge >= 0.3 is 18.2 Å². The predicted octanol–water partition coefficient (Wildman–Crippen LogP) is 2.10. The second-order valence-electron chi connectivity index (χ2n) is 4.71. The van der Waals surface area contributed by atoms with E-state index in [1.807, 2.05) is 0 Å². The van der Waals surface area contributed by atoms with Crippen LogP contribution in [-0.2, 0) is 4.79 Å². The van der Waals surface area contributed by atoms with Gasteiger partial charge in [-0.3, -0.25) is 4.79 Å². The topological polar surface area (TPSA) is 77.9 Å². The molecular formula is C13H11F3N2O4. The largest absolute Gasteiger partial charge is 0.478 e. The SMILES string of the molecule is CN1C(=O)N(c2ccccc2C(=O)O)C(=O)CC1C(F)(F)F. The molecule has 0 aromatic heterocycles. The summed E-state index contributed by atoms with van der Waals surface area (Å²) in [6.45, 7) is 0. The summed E-state index contributed by atoms with van der Waals surface area (Å²) < 4.78 is 38.5. The Balaban J connectivity index is 2.45. The maximum absolute atomic E-state index is 12.8. The Morgan fingerprint density at radius 1 is 1.27 bits per heavy atom. The average Bonchev–Trinajstić information content (AvgIpc) is 2.42. The van der Waals surface area contributed by atoms with Gasteiger partial charge in [0.2, 0.25) is 5.91 Å². The van der Waals surface area contributed by atoms with Crippen molar-refractivity contribution in [1.82, 2.24) is 4.90 Å². The van der Waals surface area contributed by atoms with Gasteiger partial charge in [0.15, 0.2) is 0 Å². The van der Waals surface area contributed by atoms with Crippen LogP contribution in [-0.4, -0.2) is 47.2 Å². The first-order chi connectivity index (χ1) is 10.1. The van der Waals surface area contributed by atoms with E-state index in [2.05, 4.69) is 0 Å². The number of anilines is 1. The number of amides is 3. The smallest absolute Gasteiger partial charge is 0.409 e. The summed E-state index contributed by atoms with van der Waals surface area (Å²) in [7, 11) is 0.920. The summed E-state index contributed by atoms with van der Waals surface area (Å²) in [6.07, 6.45) is -5.70. The molecule has 3 amide bonds. The van der Waals surface area contributed by atoms with E-state index >= 15 is 0 Å². The zero-order chi connectivity index (χ0) is 16.7. The lowest BCUT2D eigenvalue weighted by atomic mass is 10.1. The highest BCUT2D eigenvalue weighted by molar-refractivity contribution is 6.18. The summed E-state index contributed by atoms with van der Waals surface area (Å²) in [6, 6.07) is 1.69. The lowest BCUT2D eigenvalue weighted by Crippen LogP contribution is -2.60. The number of nitrogens with zero attached hydrogens (tertiary/aromatic N) is 2. The Bertz CT molecular complexity index is 644. The minimum atomic E-state index is -4.74. The van der Waals surface area contributed by atoms with E-state index in [1.54, 1.807) is 0 Å². The van der Waals surface area contributed by atoms with Crippen LogP contribution >= 0.6 is 0 Å². The normalized spacial score (nSPS) is 19.5. The van der Waals surface area contributed by atoms with Gasteiger partial charge in [-0.2, -0.15) is 13.2 Å². The Morgan fingerprint density at radius 3 is 2.41 bits per heavy atom. The molecule has 1 aromatic carbocycles. The van der Waals surface area contributed by atoms with Crippen molar-refractivity contribution in [3.63, 3.8) is 0 Å². The summed E-state index contributed by atoms with van der Waals surface area (Å²) in [5.41, 5.74) is -0.597. The summed E-state index contributed by atoms with van der Waals surface area (Å²) >= 11 is 0. The number of benzene rings is 1. The van der Waals surface area contributed by atoms with Crippen molar-refractivity contribution >= 4 is 23.6 Å². The number of hydrogen-bond donors (Lipinski definition) is 1. The third-order valence-corrected chi connectivity index (χ3v) is 3.33. The van der Waals surface area contributed by atoms with E-state index in [1.165, 1.54) is 18.2 Å². The molecule has 0 aliphatic carbocycles. The fourth-order valence-corrected chi connectivity index (χ4v) is 2.21. The van der Waals surface area contributed by atoms with Gasteiger partial charge in [0, 0.05) is 7.05 Å². The molecule has 0 spiro atoms. The van der Waals surface area contributed by atoms with Crippen LogP contribution in [0.4, 0.5) is 23.7 Å². The molecule has 1 N–H and O–H groups in total. The standard InChI is InChI=1S/C13H11F3N2O4/c1-17-9(13(14,15)16)6-10(19)18(12(17)22)8-5-3-2-4-7(8)11(20)21/h2-5,9H,6H2,1H3,(H,20,21). The number of imide groups is 1. The Kier molecular flexibility index (Phi) is 3.82. The number of aromatic carboxylic acids is 1. The minimum absolute atomic E-state index is 0.252. The third-order valence-electron chi connectivity index (χ3n) is 3.33. The van der Waals surface area contributed by atoms with E-state index in [9.17, 15) is 27.6 Å². The molecule has 1 heterocycles. The average molecular weight is 316 g/mol. The number of carbonyl (C=O) groups excluding carboxylic acids is 2. The first-order valence-electron chi connectivity index (χ1n) is 6.13. The van der Waals surface area contributed by atoms with E-state index in [0.29, 0.717) is 9.80 Å². The molecule has 1 fully saturated rings. The van der Waals surface area contributed by atoms with Crippen LogP contribution in [0.2, 0.25) is 0 Å². The number of urea groups is 1. The van der Waals surface area contributed by atoms with Gasteiger partial charge in [0.1, 0.15) is 6.04 Å². The first-order valence-corrected chi connectivity index (χ1v) is 6.13. The zero-order valence-electron chi connectivity index (χ0n) is 11.3. The van der Waals surface area contributed by atoms with Gasteiger partial charge in [0.05, 0.1) is 17.7 Å². The molecule has 0 saturated carbocycles. The van der Waals surface area contributed by atoms with Crippen molar-refractivity contribution in [3.05, 3.63) is 29.8 Å². The lowest BCUT2D eigenvalue weighted by molar-refractivity contribution is -0.179. The van der Waals surface area contributed by atoms with Gasteiger partial charge in [-0.15, -0.1) is 0 Å².